The number of para-hydroxylation sites is 1. The topological polar surface area (TPSA) is 74.2 Å². The lowest BCUT2D eigenvalue weighted by Gasteiger charge is -2.36. The monoisotopic (exact) mass is 438 g/mol. The third-order valence-corrected chi connectivity index (χ3v) is 6.18. The molecule has 0 radical (unpaired) electrons. The molecule has 1 N–H and O–H groups in total. The zero-order valence-corrected chi connectivity index (χ0v) is 19.7. The first-order valence-electron chi connectivity index (χ1n) is 10.8. The summed E-state index contributed by atoms with van der Waals surface area (Å²) in [7, 11) is -2.95. The number of ether oxygens (including phenoxy) is 1. The molecule has 7 nitrogen and oxygen atoms in total. The minimum absolute atomic E-state index is 0.152. The molecule has 2 rings (SSSR count). The molecule has 0 aromatic heterocycles. The molecule has 1 aliphatic heterocycles. The normalized spacial score (nSPS) is 16.5. The lowest BCUT2D eigenvalue weighted by molar-refractivity contribution is 0.152. The lowest BCUT2D eigenvalue weighted by atomic mass is 9.90. The van der Waals surface area contributed by atoms with E-state index >= 15 is 0 Å². The summed E-state index contributed by atoms with van der Waals surface area (Å²) in [6.45, 7) is 13.0. The largest absolute Gasteiger partial charge is 0.492 e. The number of benzene rings is 1. The summed E-state index contributed by atoms with van der Waals surface area (Å²) in [4.78, 5) is 9.54. The van der Waals surface area contributed by atoms with Gasteiger partial charge in [0.15, 0.2) is 5.96 Å². The minimum Gasteiger partial charge on any atom is -0.492 e. The van der Waals surface area contributed by atoms with Crippen LogP contribution >= 0.6 is 0 Å². The van der Waals surface area contributed by atoms with Crippen molar-refractivity contribution in [2.45, 2.75) is 27.2 Å². The van der Waals surface area contributed by atoms with Crippen LogP contribution in [-0.4, -0.2) is 88.6 Å². The number of sulfone groups is 1. The number of rotatable bonds is 10. The Morgan fingerprint density at radius 2 is 1.83 bits per heavy atom. The molecule has 0 unspecified atom stereocenters. The summed E-state index contributed by atoms with van der Waals surface area (Å²) >= 11 is 0. The number of hydrogen-bond donors (Lipinski definition) is 1. The fraction of sp³-hybridized carbons (Fsp3) is 0.682. The molecule has 30 heavy (non-hydrogen) atoms. The Morgan fingerprint density at radius 3 is 2.43 bits per heavy atom. The first-order valence-corrected chi connectivity index (χ1v) is 12.9. The van der Waals surface area contributed by atoms with Crippen LogP contribution in [0.5, 0.6) is 5.75 Å². The van der Waals surface area contributed by atoms with Crippen LogP contribution in [0.15, 0.2) is 35.3 Å². The maximum atomic E-state index is 11.5. The Hall–Kier alpha value is -1.80. The molecule has 0 atom stereocenters. The molecule has 1 heterocycles. The second-order valence-corrected chi connectivity index (χ2v) is 11.0. The number of nitrogens with zero attached hydrogens (tertiary/aromatic N) is 3. The van der Waals surface area contributed by atoms with Gasteiger partial charge in [-0.25, -0.2) is 8.42 Å². The van der Waals surface area contributed by atoms with Crippen LogP contribution < -0.4 is 10.1 Å². The van der Waals surface area contributed by atoms with E-state index in [0.717, 1.165) is 51.0 Å². The maximum absolute atomic E-state index is 11.5. The lowest BCUT2D eigenvalue weighted by Crippen LogP contribution is -2.53. The predicted octanol–water partition coefficient (Wildman–Crippen LogP) is 2.11. The van der Waals surface area contributed by atoms with E-state index in [-0.39, 0.29) is 11.2 Å². The molecule has 8 heteroatoms. The van der Waals surface area contributed by atoms with Crippen LogP contribution in [0.25, 0.3) is 0 Å². The van der Waals surface area contributed by atoms with Crippen LogP contribution in [-0.2, 0) is 9.84 Å². The summed E-state index contributed by atoms with van der Waals surface area (Å²) < 4.78 is 28.8. The van der Waals surface area contributed by atoms with Crippen LogP contribution in [0.1, 0.15) is 27.2 Å². The van der Waals surface area contributed by atoms with E-state index in [4.69, 9.17) is 9.73 Å². The summed E-state index contributed by atoms with van der Waals surface area (Å²) in [6, 6.07) is 9.92. The van der Waals surface area contributed by atoms with Gasteiger partial charge in [0.2, 0.25) is 0 Å². The molecule has 1 aromatic rings. The van der Waals surface area contributed by atoms with E-state index in [2.05, 4.69) is 35.9 Å². The molecule has 1 fully saturated rings. The van der Waals surface area contributed by atoms with E-state index < -0.39 is 9.84 Å². The van der Waals surface area contributed by atoms with Crippen LogP contribution in [0, 0.1) is 5.41 Å². The number of nitrogens with one attached hydrogen (secondary N) is 1. The van der Waals surface area contributed by atoms with Gasteiger partial charge in [0.25, 0.3) is 0 Å². The third-order valence-electron chi connectivity index (χ3n) is 5.23. The van der Waals surface area contributed by atoms with Crippen molar-refractivity contribution in [1.29, 1.82) is 0 Å². The van der Waals surface area contributed by atoms with Gasteiger partial charge in [-0.2, -0.15) is 0 Å². The van der Waals surface area contributed by atoms with E-state index in [0.29, 0.717) is 19.6 Å². The standard InChI is InChI=1S/C22H38N4O3S/c1-5-23-21(24-19-22(2,3)11-18-30(4,27)28)26-14-12-25(13-15-26)16-17-29-20-9-7-6-8-10-20/h6-10H,5,11-19H2,1-4H3,(H,23,24). The molecule has 1 aromatic carbocycles. The first kappa shape index (κ1) is 24.5. The summed E-state index contributed by atoms with van der Waals surface area (Å²) in [6.07, 6.45) is 1.91. The van der Waals surface area contributed by atoms with Crippen molar-refractivity contribution >= 4 is 15.8 Å². The Balaban J connectivity index is 1.80. The van der Waals surface area contributed by atoms with Gasteiger partial charge < -0.3 is 15.0 Å². The number of hydrogen-bond acceptors (Lipinski definition) is 5. The molecule has 0 bridgehead atoms. The van der Waals surface area contributed by atoms with Crippen molar-refractivity contribution in [3.8, 4) is 5.75 Å². The van der Waals surface area contributed by atoms with E-state index in [1.807, 2.05) is 30.3 Å². The van der Waals surface area contributed by atoms with Crippen LogP contribution in [0.3, 0.4) is 0 Å². The maximum Gasteiger partial charge on any atom is 0.194 e. The third kappa shape index (κ3) is 9.34. The first-order chi connectivity index (χ1) is 14.2. The van der Waals surface area contributed by atoms with Gasteiger partial charge in [-0.05, 0) is 30.9 Å². The Morgan fingerprint density at radius 1 is 1.17 bits per heavy atom. The minimum atomic E-state index is -2.95. The second kappa shape index (κ2) is 11.6. The highest BCUT2D eigenvalue weighted by molar-refractivity contribution is 7.90. The van der Waals surface area contributed by atoms with Crippen molar-refractivity contribution in [3.63, 3.8) is 0 Å². The quantitative estimate of drug-likeness (QED) is 0.446. The second-order valence-electron chi connectivity index (χ2n) is 8.70. The Bertz CT molecular complexity index is 758. The van der Waals surface area contributed by atoms with Gasteiger partial charge in [0.1, 0.15) is 22.2 Å². The van der Waals surface area contributed by atoms with Crippen LogP contribution in [0.4, 0.5) is 0 Å². The number of guanidine groups is 1. The molecule has 0 aliphatic carbocycles. The molecular formula is C22H38N4O3S. The zero-order valence-electron chi connectivity index (χ0n) is 18.9. The summed E-state index contributed by atoms with van der Waals surface area (Å²) in [5.41, 5.74) is -0.152. The molecule has 0 amide bonds. The number of piperazine rings is 1. The van der Waals surface area contributed by atoms with E-state index in [9.17, 15) is 8.42 Å². The van der Waals surface area contributed by atoms with Gasteiger partial charge in [-0.3, -0.25) is 9.89 Å². The van der Waals surface area contributed by atoms with Gasteiger partial charge in [0, 0.05) is 52.1 Å². The van der Waals surface area contributed by atoms with Gasteiger partial charge in [-0.15, -0.1) is 0 Å². The van der Waals surface area contributed by atoms with Crippen molar-refractivity contribution in [2.75, 3.05) is 64.4 Å². The number of aliphatic imine (C=N–C) groups is 1. The van der Waals surface area contributed by atoms with Gasteiger partial charge >= 0.3 is 0 Å². The van der Waals surface area contributed by atoms with Crippen molar-refractivity contribution in [1.82, 2.24) is 15.1 Å². The molecule has 170 valence electrons. The SMILES string of the molecule is CCNC(=NCC(C)(C)CCS(C)(=O)=O)N1CCN(CCOc2ccccc2)CC1. The molecule has 1 aliphatic rings. The molecule has 0 spiro atoms. The summed E-state index contributed by atoms with van der Waals surface area (Å²) in [5.74, 6) is 2.04. The van der Waals surface area contributed by atoms with E-state index in [1.165, 1.54) is 6.26 Å². The van der Waals surface area contributed by atoms with Crippen molar-refractivity contribution in [3.05, 3.63) is 30.3 Å². The van der Waals surface area contributed by atoms with Crippen LogP contribution in [0.2, 0.25) is 0 Å². The van der Waals surface area contributed by atoms with Crippen molar-refractivity contribution < 1.29 is 13.2 Å². The Labute approximate surface area is 182 Å². The Kier molecular flexibility index (Phi) is 9.42. The van der Waals surface area contributed by atoms with Gasteiger partial charge in [0.05, 0.1) is 5.75 Å². The summed E-state index contributed by atoms with van der Waals surface area (Å²) in [5, 5.41) is 3.39. The van der Waals surface area contributed by atoms with E-state index in [1.54, 1.807) is 0 Å². The fourth-order valence-corrected chi connectivity index (χ4v) is 4.17. The molecular weight excluding hydrogens is 400 g/mol. The molecule has 0 saturated carbocycles. The zero-order chi connectivity index (χ0) is 22.0. The van der Waals surface area contributed by atoms with Gasteiger partial charge in [-0.1, -0.05) is 32.0 Å². The molecule has 1 saturated heterocycles. The average molecular weight is 439 g/mol. The smallest absolute Gasteiger partial charge is 0.194 e. The highest BCUT2D eigenvalue weighted by Gasteiger charge is 2.23. The fourth-order valence-electron chi connectivity index (χ4n) is 3.25. The van der Waals surface area contributed by atoms with Crippen molar-refractivity contribution in [2.24, 2.45) is 10.4 Å². The predicted molar refractivity (Wildman–Crippen MR) is 124 cm³/mol. The highest BCUT2D eigenvalue weighted by atomic mass is 32.2. The highest BCUT2D eigenvalue weighted by Crippen LogP contribution is 2.21. The average Bonchev–Trinajstić information content (AvgIpc) is 2.71.